The van der Waals surface area contributed by atoms with Crippen molar-refractivity contribution in [1.29, 1.82) is 0 Å². The van der Waals surface area contributed by atoms with E-state index in [9.17, 15) is 22.0 Å². The van der Waals surface area contributed by atoms with Crippen molar-refractivity contribution >= 4 is 15.9 Å². The highest BCUT2D eigenvalue weighted by Gasteiger charge is 2.26. The monoisotopic (exact) mass is 306 g/mol. The molecule has 0 unspecified atom stereocenters. The first-order valence-corrected chi connectivity index (χ1v) is 7.47. The number of hydrogen-bond acceptors (Lipinski definition) is 3. The predicted octanol–water partition coefficient (Wildman–Crippen LogP) is 1.48. The molecule has 2 N–H and O–H groups in total. The first-order chi connectivity index (χ1) is 9.09. The van der Waals surface area contributed by atoms with E-state index in [4.69, 9.17) is 5.14 Å². The van der Waals surface area contributed by atoms with Crippen molar-refractivity contribution in [2.45, 2.75) is 31.7 Å². The largest absolute Gasteiger partial charge is 0.336 e. The van der Waals surface area contributed by atoms with Crippen LogP contribution in [0.5, 0.6) is 0 Å². The standard InChI is InChI=1S/C12H16F2N2O3S/c1-4-16(7(2)3)12(17)8-5-9(13)10(14)6-11(8)20(15,18)19/h5-7H,4H2,1-3H3,(H2,15,18,19). The zero-order valence-corrected chi connectivity index (χ0v) is 12.2. The molecule has 0 bridgehead atoms. The van der Waals surface area contributed by atoms with Crippen molar-refractivity contribution < 1.29 is 22.0 Å². The molecule has 8 heteroatoms. The molecule has 0 saturated carbocycles. The summed E-state index contributed by atoms with van der Waals surface area (Å²) in [7, 11) is -4.34. The zero-order valence-electron chi connectivity index (χ0n) is 11.4. The van der Waals surface area contributed by atoms with Crippen LogP contribution in [0.25, 0.3) is 0 Å². The number of hydrogen-bond donors (Lipinski definition) is 1. The third kappa shape index (κ3) is 3.31. The molecular formula is C12H16F2N2O3S. The lowest BCUT2D eigenvalue weighted by molar-refractivity contribution is 0.0712. The van der Waals surface area contributed by atoms with E-state index in [1.165, 1.54) is 4.90 Å². The summed E-state index contributed by atoms with van der Waals surface area (Å²) in [6.45, 7) is 5.42. The number of carbonyl (C=O) groups excluding carboxylic acids is 1. The van der Waals surface area contributed by atoms with Crippen LogP contribution >= 0.6 is 0 Å². The van der Waals surface area contributed by atoms with E-state index in [1.54, 1.807) is 20.8 Å². The Hall–Kier alpha value is -1.54. The van der Waals surface area contributed by atoms with Crippen LogP contribution in [-0.4, -0.2) is 31.8 Å². The normalized spacial score (nSPS) is 11.8. The third-order valence-electron chi connectivity index (χ3n) is 2.78. The number of carbonyl (C=O) groups is 1. The molecule has 0 radical (unpaired) electrons. The molecular weight excluding hydrogens is 290 g/mol. The fourth-order valence-corrected chi connectivity index (χ4v) is 2.55. The van der Waals surface area contributed by atoms with Crippen molar-refractivity contribution in [3.63, 3.8) is 0 Å². The minimum Gasteiger partial charge on any atom is -0.336 e. The molecule has 0 fully saturated rings. The molecule has 0 aliphatic carbocycles. The predicted molar refractivity (Wildman–Crippen MR) is 69.6 cm³/mol. The zero-order chi connectivity index (χ0) is 15.7. The smallest absolute Gasteiger partial charge is 0.255 e. The van der Waals surface area contributed by atoms with E-state index >= 15 is 0 Å². The Labute approximate surface area is 116 Å². The number of sulfonamides is 1. The average molecular weight is 306 g/mol. The van der Waals surface area contributed by atoms with Gasteiger partial charge in [0.05, 0.1) is 10.5 Å². The summed E-state index contributed by atoms with van der Waals surface area (Å²) >= 11 is 0. The molecule has 0 heterocycles. The molecule has 0 aliphatic heterocycles. The summed E-state index contributed by atoms with van der Waals surface area (Å²) < 4.78 is 49.3. The highest BCUT2D eigenvalue weighted by Crippen LogP contribution is 2.21. The van der Waals surface area contributed by atoms with E-state index in [1.807, 2.05) is 0 Å². The van der Waals surface area contributed by atoms with E-state index in [2.05, 4.69) is 0 Å². The van der Waals surface area contributed by atoms with Crippen LogP contribution < -0.4 is 5.14 Å². The van der Waals surface area contributed by atoms with Crippen LogP contribution in [0.4, 0.5) is 8.78 Å². The number of nitrogens with zero attached hydrogens (tertiary/aromatic N) is 1. The third-order valence-corrected chi connectivity index (χ3v) is 3.74. The summed E-state index contributed by atoms with van der Waals surface area (Å²) in [5.41, 5.74) is -0.470. The quantitative estimate of drug-likeness (QED) is 0.915. The first-order valence-electron chi connectivity index (χ1n) is 5.92. The summed E-state index contributed by atoms with van der Waals surface area (Å²) in [6.07, 6.45) is 0. The molecule has 20 heavy (non-hydrogen) atoms. The van der Waals surface area contributed by atoms with Gasteiger partial charge in [0, 0.05) is 12.6 Å². The number of benzene rings is 1. The Bertz CT molecular complexity index is 630. The molecule has 1 rings (SSSR count). The van der Waals surface area contributed by atoms with Gasteiger partial charge in [0.2, 0.25) is 10.0 Å². The van der Waals surface area contributed by atoms with Crippen molar-refractivity contribution in [2.75, 3.05) is 6.54 Å². The van der Waals surface area contributed by atoms with Crippen molar-refractivity contribution in [3.8, 4) is 0 Å². The summed E-state index contributed by atoms with van der Waals surface area (Å²) in [6, 6.07) is 0.753. The Balaban J connectivity index is 3.51. The Kier molecular flexibility index (Phi) is 4.82. The van der Waals surface area contributed by atoms with Gasteiger partial charge >= 0.3 is 0 Å². The number of nitrogens with two attached hydrogens (primary N) is 1. The van der Waals surface area contributed by atoms with Gasteiger partial charge < -0.3 is 4.90 Å². The number of rotatable bonds is 4. The Morgan fingerprint density at radius 1 is 1.30 bits per heavy atom. The van der Waals surface area contributed by atoms with Gasteiger partial charge in [0.1, 0.15) is 0 Å². The second-order valence-electron chi connectivity index (χ2n) is 4.49. The number of halogens is 2. The van der Waals surface area contributed by atoms with Crippen LogP contribution in [0.1, 0.15) is 31.1 Å². The summed E-state index contributed by atoms with van der Waals surface area (Å²) in [5.74, 6) is -3.40. The first kappa shape index (κ1) is 16.5. The van der Waals surface area contributed by atoms with Gasteiger partial charge in [-0.1, -0.05) is 0 Å². The van der Waals surface area contributed by atoms with Gasteiger partial charge in [-0.2, -0.15) is 0 Å². The number of amides is 1. The molecule has 1 aromatic carbocycles. The van der Waals surface area contributed by atoms with Gasteiger partial charge in [-0.15, -0.1) is 0 Å². The van der Waals surface area contributed by atoms with Crippen molar-refractivity contribution in [3.05, 3.63) is 29.3 Å². The molecule has 5 nitrogen and oxygen atoms in total. The Morgan fingerprint density at radius 2 is 1.80 bits per heavy atom. The average Bonchev–Trinajstić information content (AvgIpc) is 2.30. The van der Waals surface area contributed by atoms with E-state index < -0.39 is 38.0 Å². The fraction of sp³-hybridized carbons (Fsp3) is 0.417. The summed E-state index contributed by atoms with van der Waals surface area (Å²) in [4.78, 5) is 12.9. The van der Waals surface area contributed by atoms with Crippen LogP contribution in [0, 0.1) is 11.6 Å². The maximum atomic E-state index is 13.3. The van der Waals surface area contributed by atoms with Crippen molar-refractivity contribution in [2.24, 2.45) is 5.14 Å². The molecule has 1 aromatic rings. The maximum absolute atomic E-state index is 13.3. The molecule has 0 saturated heterocycles. The highest BCUT2D eigenvalue weighted by molar-refractivity contribution is 7.89. The maximum Gasteiger partial charge on any atom is 0.255 e. The summed E-state index contributed by atoms with van der Waals surface area (Å²) in [5, 5.41) is 4.94. The molecule has 0 aliphatic rings. The van der Waals surface area contributed by atoms with Gasteiger partial charge in [0.25, 0.3) is 5.91 Å². The lowest BCUT2D eigenvalue weighted by atomic mass is 10.1. The lowest BCUT2D eigenvalue weighted by Crippen LogP contribution is -2.37. The second kappa shape index (κ2) is 5.84. The fourth-order valence-electron chi connectivity index (χ4n) is 1.83. The molecule has 0 aromatic heterocycles. The van der Waals surface area contributed by atoms with Crippen LogP contribution in [0.3, 0.4) is 0 Å². The minimum atomic E-state index is -4.34. The SMILES string of the molecule is CCN(C(=O)c1cc(F)c(F)cc1S(N)(=O)=O)C(C)C. The molecule has 112 valence electrons. The highest BCUT2D eigenvalue weighted by atomic mass is 32.2. The topological polar surface area (TPSA) is 80.5 Å². The van der Waals surface area contributed by atoms with Gasteiger partial charge in [-0.3, -0.25) is 4.79 Å². The van der Waals surface area contributed by atoms with Crippen LogP contribution in [-0.2, 0) is 10.0 Å². The number of primary sulfonamides is 1. The van der Waals surface area contributed by atoms with Gasteiger partial charge in [-0.25, -0.2) is 22.3 Å². The van der Waals surface area contributed by atoms with Crippen LogP contribution in [0.15, 0.2) is 17.0 Å². The Morgan fingerprint density at radius 3 is 2.20 bits per heavy atom. The molecule has 1 amide bonds. The van der Waals surface area contributed by atoms with E-state index in [0.717, 1.165) is 0 Å². The van der Waals surface area contributed by atoms with Gasteiger partial charge in [0.15, 0.2) is 11.6 Å². The molecule has 0 spiro atoms. The molecule has 0 atom stereocenters. The van der Waals surface area contributed by atoms with E-state index in [-0.39, 0.29) is 6.04 Å². The van der Waals surface area contributed by atoms with Crippen LogP contribution in [0.2, 0.25) is 0 Å². The lowest BCUT2D eigenvalue weighted by Gasteiger charge is -2.26. The van der Waals surface area contributed by atoms with E-state index in [0.29, 0.717) is 18.7 Å². The second-order valence-corrected chi connectivity index (χ2v) is 6.02. The minimum absolute atomic E-state index is 0.228. The van der Waals surface area contributed by atoms with Crippen molar-refractivity contribution in [1.82, 2.24) is 4.90 Å². The van der Waals surface area contributed by atoms with Gasteiger partial charge in [-0.05, 0) is 32.9 Å².